The van der Waals surface area contributed by atoms with Crippen LogP contribution in [-0.4, -0.2) is 33.9 Å². The third-order valence-corrected chi connectivity index (χ3v) is 4.70. The van der Waals surface area contributed by atoms with Crippen LogP contribution in [-0.2, 0) is 6.42 Å². The molecule has 6 heteroatoms. The van der Waals surface area contributed by atoms with Gasteiger partial charge in [-0.3, -0.25) is 4.79 Å². The van der Waals surface area contributed by atoms with E-state index in [9.17, 15) is 13.6 Å². The summed E-state index contributed by atoms with van der Waals surface area (Å²) in [5.74, 6) is -0.812. The molecule has 0 aliphatic carbocycles. The molecule has 1 fully saturated rings. The zero-order valence-corrected chi connectivity index (χ0v) is 13.7. The molecular formula is C18H21F2N3O. The first-order chi connectivity index (χ1) is 11.6. The number of halogens is 2. The van der Waals surface area contributed by atoms with Crippen molar-refractivity contribution in [2.75, 3.05) is 13.1 Å². The minimum absolute atomic E-state index is 0.0736. The molecule has 1 aliphatic rings. The van der Waals surface area contributed by atoms with Gasteiger partial charge in [0.15, 0.2) is 0 Å². The first-order valence-corrected chi connectivity index (χ1v) is 8.28. The molecule has 2 aromatic rings. The first kappa shape index (κ1) is 16.6. The Morgan fingerprint density at radius 2 is 2.12 bits per heavy atom. The molecule has 0 radical (unpaired) electrons. The summed E-state index contributed by atoms with van der Waals surface area (Å²) in [5, 5.41) is 0. The van der Waals surface area contributed by atoms with Crippen molar-refractivity contribution in [2.45, 2.75) is 32.6 Å². The standard InChI is InChI=1S/C18H21F2N3O/c1-12-17(22-11-21-12)18(24)23-9-3-4-13(10-23)7-8-14-15(19)5-2-6-16(14)20/h2,5-6,11,13H,3-4,7-10H2,1H3,(H,21,22)/t13-/m1/s1. The molecule has 1 aliphatic heterocycles. The van der Waals surface area contributed by atoms with Crippen molar-refractivity contribution in [2.24, 2.45) is 5.92 Å². The largest absolute Gasteiger partial charge is 0.348 e. The van der Waals surface area contributed by atoms with Gasteiger partial charge in [-0.1, -0.05) is 6.07 Å². The number of nitrogens with zero attached hydrogens (tertiary/aromatic N) is 2. The van der Waals surface area contributed by atoms with Gasteiger partial charge in [-0.2, -0.15) is 0 Å². The molecule has 3 rings (SSSR count). The van der Waals surface area contributed by atoms with Gasteiger partial charge in [-0.05, 0) is 50.7 Å². The molecule has 1 aromatic heterocycles. The second-order valence-electron chi connectivity index (χ2n) is 6.37. The van der Waals surface area contributed by atoms with E-state index in [0.29, 0.717) is 31.6 Å². The van der Waals surface area contributed by atoms with Crippen LogP contribution in [0.1, 0.15) is 41.0 Å². The molecule has 1 atom stereocenters. The Labute approximate surface area is 139 Å². The average molecular weight is 333 g/mol. The minimum atomic E-state index is -0.495. The van der Waals surface area contributed by atoms with E-state index in [1.54, 1.807) is 4.90 Å². The lowest BCUT2D eigenvalue weighted by Gasteiger charge is -2.32. The molecule has 24 heavy (non-hydrogen) atoms. The predicted molar refractivity (Wildman–Crippen MR) is 86.6 cm³/mol. The molecule has 0 spiro atoms. The number of piperidine rings is 1. The normalized spacial score (nSPS) is 18.0. The molecule has 4 nitrogen and oxygen atoms in total. The van der Waals surface area contributed by atoms with Crippen LogP contribution >= 0.6 is 0 Å². The van der Waals surface area contributed by atoms with E-state index in [4.69, 9.17) is 0 Å². The number of hydrogen-bond acceptors (Lipinski definition) is 2. The highest BCUT2D eigenvalue weighted by Gasteiger charge is 2.26. The Morgan fingerprint density at radius 3 is 2.79 bits per heavy atom. The molecule has 0 saturated carbocycles. The quantitative estimate of drug-likeness (QED) is 0.931. The summed E-state index contributed by atoms with van der Waals surface area (Å²) in [6, 6.07) is 3.95. The summed E-state index contributed by atoms with van der Waals surface area (Å²) in [5.41, 5.74) is 1.36. The van der Waals surface area contributed by atoms with E-state index in [1.165, 1.54) is 24.5 Å². The maximum absolute atomic E-state index is 13.7. The summed E-state index contributed by atoms with van der Waals surface area (Å²) >= 11 is 0. The minimum Gasteiger partial charge on any atom is -0.348 e. The second-order valence-corrected chi connectivity index (χ2v) is 6.37. The zero-order chi connectivity index (χ0) is 17.1. The summed E-state index contributed by atoms with van der Waals surface area (Å²) < 4.78 is 27.4. The van der Waals surface area contributed by atoms with Gasteiger partial charge in [0, 0.05) is 24.3 Å². The third-order valence-electron chi connectivity index (χ3n) is 4.70. The number of aryl methyl sites for hydroxylation is 1. The summed E-state index contributed by atoms with van der Waals surface area (Å²) in [7, 11) is 0. The van der Waals surface area contributed by atoms with E-state index in [0.717, 1.165) is 18.5 Å². The van der Waals surface area contributed by atoms with Gasteiger partial charge < -0.3 is 9.88 Å². The van der Waals surface area contributed by atoms with Crippen molar-refractivity contribution < 1.29 is 13.6 Å². The number of H-pyrrole nitrogens is 1. The summed E-state index contributed by atoms with van der Waals surface area (Å²) in [6.07, 6.45) is 4.41. The number of aromatic amines is 1. The molecule has 0 unspecified atom stereocenters. The lowest BCUT2D eigenvalue weighted by atomic mass is 9.91. The molecule has 1 saturated heterocycles. The molecule has 1 aromatic carbocycles. The number of carbonyl (C=O) groups is 1. The fraction of sp³-hybridized carbons (Fsp3) is 0.444. The van der Waals surface area contributed by atoms with Crippen LogP contribution in [0.4, 0.5) is 8.78 Å². The molecule has 1 amide bonds. The average Bonchev–Trinajstić information content (AvgIpc) is 3.00. The van der Waals surface area contributed by atoms with Crippen LogP contribution in [0.15, 0.2) is 24.5 Å². The van der Waals surface area contributed by atoms with Crippen molar-refractivity contribution in [3.63, 3.8) is 0 Å². The second kappa shape index (κ2) is 7.11. The van der Waals surface area contributed by atoms with Crippen molar-refractivity contribution >= 4 is 5.91 Å². The highest BCUT2D eigenvalue weighted by molar-refractivity contribution is 5.93. The lowest BCUT2D eigenvalue weighted by molar-refractivity contribution is 0.0662. The van der Waals surface area contributed by atoms with Crippen molar-refractivity contribution in [1.29, 1.82) is 0 Å². The van der Waals surface area contributed by atoms with Crippen LogP contribution in [0.3, 0.4) is 0 Å². The summed E-state index contributed by atoms with van der Waals surface area (Å²) in [4.78, 5) is 21.3. The number of amides is 1. The van der Waals surface area contributed by atoms with E-state index in [2.05, 4.69) is 9.97 Å². The van der Waals surface area contributed by atoms with Crippen molar-refractivity contribution in [3.8, 4) is 0 Å². The van der Waals surface area contributed by atoms with Crippen molar-refractivity contribution in [3.05, 3.63) is 53.1 Å². The smallest absolute Gasteiger partial charge is 0.274 e. The molecule has 0 bridgehead atoms. The Hall–Kier alpha value is -2.24. The topological polar surface area (TPSA) is 49.0 Å². The Balaban J connectivity index is 1.62. The fourth-order valence-corrected chi connectivity index (χ4v) is 3.33. The van der Waals surface area contributed by atoms with Gasteiger partial charge in [-0.25, -0.2) is 13.8 Å². The van der Waals surface area contributed by atoms with Crippen LogP contribution in [0, 0.1) is 24.5 Å². The predicted octanol–water partition coefficient (Wildman–Crippen LogP) is 3.48. The first-order valence-electron chi connectivity index (χ1n) is 8.28. The lowest BCUT2D eigenvalue weighted by Crippen LogP contribution is -2.40. The van der Waals surface area contributed by atoms with Crippen LogP contribution in [0.5, 0.6) is 0 Å². The molecule has 1 N–H and O–H groups in total. The third kappa shape index (κ3) is 3.47. The number of imidazole rings is 1. The van der Waals surface area contributed by atoms with Gasteiger partial charge in [0.1, 0.15) is 17.3 Å². The van der Waals surface area contributed by atoms with Gasteiger partial charge >= 0.3 is 0 Å². The van der Waals surface area contributed by atoms with Gasteiger partial charge in [0.05, 0.1) is 6.33 Å². The SMILES string of the molecule is Cc1[nH]cnc1C(=O)N1CCC[C@H](CCc2c(F)cccc2F)C1. The zero-order valence-electron chi connectivity index (χ0n) is 13.7. The maximum atomic E-state index is 13.7. The highest BCUT2D eigenvalue weighted by Crippen LogP contribution is 2.24. The van der Waals surface area contributed by atoms with Crippen LogP contribution in [0.2, 0.25) is 0 Å². The number of aromatic nitrogens is 2. The van der Waals surface area contributed by atoms with Crippen LogP contribution in [0.25, 0.3) is 0 Å². The van der Waals surface area contributed by atoms with E-state index >= 15 is 0 Å². The van der Waals surface area contributed by atoms with Crippen molar-refractivity contribution in [1.82, 2.24) is 14.9 Å². The monoisotopic (exact) mass is 333 g/mol. The molecule has 128 valence electrons. The fourth-order valence-electron chi connectivity index (χ4n) is 3.33. The molecular weight excluding hydrogens is 312 g/mol. The Kier molecular flexibility index (Phi) is 4.92. The number of rotatable bonds is 4. The van der Waals surface area contributed by atoms with Crippen LogP contribution < -0.4 is 0 Å². The van der Waals surface area contributed by atoms with E-state index in [1.807, 2.05) is 6.92 Å². The van der Waals surface area contributed by atoms with E-state index < -0.39 is 11.6 Å². The number of hydrogen-bond donors (Lipinski definition) is 1. The number of likely N-dealkylation sites (tertiary alicyclic amines) is 1. The summed E-state index contributed by atoms with van der Waals surface area (Å²) in [6.45, 7) is 3.14. The van der Waals surface area contributed by atoms with Gasteiger partial charge in [-0.15, -0.1) is 0 Å². The number of benzene rings is 1. The maximum Gasteiger partial charge on any atom is 0.274 e. The molecule has 2 heterocycles. The van der Waals surface area contributed by atoms with Gasteiger partial charge in [0.25, 0.3) is 5.91 Å². The number of nitrogens with one attached hydrogen (secondary N) is 1. The highest BCUT2D eigenvalue weighted by atomic mass is 19.1. The Bertz CT molecular complexity index is 709. The van der Waals surface area contributed by atoms with E-state index in [-0.39, 0.29) is 17.4 Å². The Morgan fingerprint density at radius 1 is 1.38 bits per heavy atom. The van der Waals surface area contributed by atoms with Gasteiger partial charge in [0.2, 0.25) is 0 Å². The number of carbonyl (C=O) groups excluding carboxylic acids is 1.